The summed E-state index contributed by atoms with van der Waals surface area (Å²) in [7, 11) is 0. The van der Waals surface area contributed by atoms with Gasteiger partial charge in [0.25, 0.3) is 23.1 Å². The van der Waals surface area contributed by atoms with Crippen molar-refractivity contribution < 1.29 is 38.7 Å². The number of aromatic carboxylic acids is 1. The molecule has 3 aromatic rings. The molecule has 0 radical (unpaired) electrons. The molecule has 1 atom stereocenters. The van der Waals surface area contributed by atoms with Crippen LogP contribution in [0, 0.1) is 10.1 Å². The van der Waals surface area contributed by atoms with Crippen molar-refractivity contribution in [3.8, 4) is 11.4 Å². The number of imide groups is 1. The number of unbranched alkanes of at least 4 members (excludes halogenated alkanes) is 9. The zero-order valence-electron chi connectivity index (χ0n) is 29.0. The fourth-order valence-corrected chi connectivity index (χ4v) is 5.71. The summed E-state index contributed by atoms with van der Waals surface area (Å²) in [5.74, 6) is -3.47. The predicted octanol–water partition coefficient (Wildman–Crippen LogP) is 6.58. The highest BCUT2D eigenvalue weighted by Crippen LogP contribution is 2.34. The molecule has 15 heteroatoms. The Bertz CT molecular complexity index is 1800. The fourth-order valence-electron chi connectivity index (χ4n) is 5.71. The van der Waals surface area contributed by atoms with E-state index in [0.717, 1.165) is 48.2 Å². The third-order valence-electron chi connectivity index (χ3n) is 8.46. The van der Waals surface area contributed by atoms with Crippen molar-refractivity contribution in [2.45, 2.75) is 96.6 Å². The van der Waals surface area contributed by atoms with Gasteiger partial charge in [0.2, 0.25) is 0 Å². The summed E-state index contributed by atoms with van der Waals surface area (Å²) in [6.45, 7) is 5.14. The van der Waals surface area contributed by atoms with E-state index >= 15 is 0 Å². The molecule has 51 heavy (non-hydrogen) atoms. The van der Waals surface area contributed by atoms with Crippen LogP contribution in [0.5, 0.6) is 5.75 Å². The smallest absolute Gasteiger partial charge is 0.418 e. The number of cyclic esters (lactones) is 1. The van der Waals surface area contributed by atoms with Crippen molar-refractivity contribution >= 4 is 35.3 Å². The lowest BCUT2D eigenvalue weighted by molar-refractivity contribution is -0.384. The Balaban J connectivity index is 1.62. The van der Waals surface area contributed by atoms with Crippen LogP contribution in [0.2, 0.25) is 0 Å². The number of anilines is 1. The maximum Gasteiger partial charge on any atom is 0.418 e. The zero-order chi connectivity index (χ0) is 37.1. The molecular weight excluding hydrogens is 662 g/mol. The molecule has 1 unspecified atom stereocenters. The van der Waals surface area contributed by atoms with Crippen LogP contribution in [0.25, 0.3) is 5.69 Å². The van der Waals surface area contributed by atoms with E-state index in [0.29, 0.717) is 11.3 Å². The molecule has 1 aliphatic rings. The SMILES string of the molecule is CCCCCCCCCCCCOc1ccc(C(=O)O)cc1NC(=O)C(c1nccc(=O)n1-c1ccc([N+](=O)[O-])cc1)N1C(=O)OC(C)(C)C1=O. The van der Waals surface area contributed by atoms with Gasteiger partial charge < -0.3 is 19.9 Å². The number of hydrogen-bond acceptors (Lipinski definition) is 10. The van der Waals surface area contributed by atoms with Crippen LogP contribution >= 0.6 is 0 Å². The number of amides is 3. The summed E-state index contributed by atoms with van der Waals surface area (Å²) in [5, 5.41) is 23.5. The molecule has 272 valence electrons. The van der Waals surface area contributed by atoms with Crippen molar-refractivity contribution in [3.05, 3.63) is 86.6 Å². The number of nitro groups is 1. The number of hydrogen-bond donors (Lipinski definition) is 2. The average molecular weight is 706 g/mol. The maximum absolute atomic E-state index is 14.3. The summed E-state index contributed by atoms with van der Waals surface area (Å²) < 4.78 is 12.2. The molecule has 15 nitrogen and oxygen atoms in total. The van der Waals surface area contributed by atoms with E-state index in [-0.39, 0.29) is 40.8 Å². The first-order valence-electron chi connectivity index (χ1n) is 17.1. The number of nitro benzene ring substituents is 1. The van der Waals surface area contributed by atoms with Gasteiger partial charge in [-0.15, -0.1) is 0 Å². The lowest BCUT2D eigenvalue weighted by Crippen LogP contribution is -2.45. The summed E-state index contributed by atoms with van der Waals surface area (Å²) in [6.07, 6.45) is 11.1. The standard InChI is InChI=1S/C36H43N5O10/c1-4-5-6-7-8-9-10-11-12-13-22-50-28-19-14-24(33(44)45)23-27(28)38-32(43)30(40-34(46)36(2,3)51-35(40)47)31-37-21-20-29(42)39(31)25-15-17-26(18-16-25)41(48)49/h14-21,23,30H,4-13,22H2,1-3H3,(H,38,43)(H,44,45). The van der Waals surface area contributed by atoms with Gasteiger partial charge in [-0.25, -0.2) is 19.5 Å². The molecule has 0 aliphatic carbocycles. The number of aromatic nitrogens is 2. The largest absolute Gasteiger partial charge is 0.491 e. The number of carboxylic acids is 1. The second kappa shape index (κ2) is 17.4. The van der Waals surface area contributed by atoms with E-state index in [9.17, 15) is 39.2 Å². The minimum absolute atomic E-state index is 0.0548. The van der Waals surface area contributed by atoms with E-state index in [2.05, 4.69) is 17.2 Å². The lowest BCUT2D eigenvalue weighted by atomic mass is 10.1. The highest BCUT2D eigenvalue weighted by atomic mass is 16.6. The van der Waals surface area contributed by atoms with Crippen molar-refractivity contribution in [1.82, 2.24) is 14.5 Å². The number of carbonyl (C=O) groups is 4. The first-order chi connectivity index (χ1) is 24.4. The Morgan fingerprint density at radius 3 is 2.16 bits per heavy atom. The van der Waals surface area contributed by atoms with Crippen LogP contribution in [0.4, 0.5) is 16.2 Å². The molecule has 1 fully saturated rings. The molecule has 1 aliphatic heterocycles. The third-order valence-corrected chi connectivity index (χ3v) is 8.46. The van der Waals surface area contributed by atoms with E-state index in [1.807, 2.05) is 0 Å². The Labute approximate surface area is 294 Å². The number of rotatable bonds is 19. The molecule has 0 spiro atoms. The van der Waals surface area contributed by atoms with Gasteiger partial charge in [0.05, 0.1) is 28.5 Å². The fraction of sp³-hybridized carbons (Fsp3) is 0.444. The molecule has 3 amide bonds. The topological polar surface area (TPSA) is 200 Å². The molecule has 2 aromatic carbocycles. The Morgan fingerprint density at radius 2 is 1.59 bits per heavy atom. The Hall–Kier alpha value is -5.60. The van der Waals surface area contributed by atoms with Crippen molar-refractivity contribution in [2.24, 2.45) is 0 Å². The number of nitrogens with one attached hydrogen (secondary N) is 1. The molecule has 0 bridgehead atoms. The van der Waals surface area contributed by atoms with E-state index in [1.54, 1.807) is 0 Å². The second-order valence-electron chi connectivity index (χ2n) is 12.7. The van der Waals surface area contributed by atoms with Gasteiger partial charge in [-0.1, -0.05) is 64.7 Å². The number of carboxylic acid groups (broad SMARTS) is 1. The maximum atomic E-state index is 14.3. The van der Waals surface area contributed by atoms with E-state index in [1.165, 1.54) is 82.7 Å². The monoisotopic (exact) mass is 705 g/mol. The number of carbonyl (C=O) groups excluding carboxylic acids is 3. The highest BCUT2D eigenvalue weighted by molar-refractivity contribution is 6.08. The van der Waals surface area contributed by atoms with E-state index in [4.69, 9.17) is 9.47 Å². The number of non-ortho nitro benzene ring substituents is 1. The summed E-state index contributed by atoms with van der Waals surface area (Å²) in [6, 6.07) is 7.84. The lowest BCUT2D eigenvalue weighted by Gasteiger charge is -2.26. The molecular formula is C36H43N5O10. The third kappa shape index (κ3) is 9.55. The van der Waals surface area contributed by atoms with Crippen LogP contribution < -0.4 is 15.6 Å². The van der Waals surface area contributed by atoms with Gasteiger partial charge in [-0.05, 0) is 50.6 Å². The van der Waals surface area contributed by atoms with Crippen molar-refractivity contribution in [1.29, 1.82) is 0 Å². The summed E-state index contributed by atoms with van der Waals surface area (Å²) in [4.78, 5) is 81.5. The first-order valence-corrected chi connectivity index (χ1v) is 17.1. The molecule has 0 saturated carbocycles. The number of benzene rings is 2. The van der Waals surface area contributed by atoms with Crippen molar-refractivity contribution in [2.75, 3.05) is 11.9 Å². The molecule has 1 aromatic heterocycles. The number of ether oxygens (including phenoxy) is 2. The van der Waals surface area contributed by atoms with Crippen LogP contribution in [0.1, 0.15) is 107 Å². The Morgan fingerprint density at radius 1 is 0.961 bits per heavy atom. The second-order valence-corrected chi connectivity index (χ2v) is 12.7. The van der Waals surface area contributed by atoms with E-state index < -0.39 is 46.0 Å². The normalized spacial score (nSPS) is 14.2. The Kier molecular flexibility index (Phi) is 13.0. The van der Waals surface area contributed by atoms with Gasteiger partial charge in [-0.3, -0.25) is 29.1 Å². The molecule has 2 N–H and O–H groups in total. The first kappa shape index (κ1) is 38.2. The van der Waals surface area contributed by atoms with Gasteiger partial charge in [0, 0.05) is 24.4 Å². The minimum Gasteiger partial charge on any atom is -0.491 e. The van der Waals surface area contributed by atoms with Gasteiger partial charge >= 0.3 is 12.1 Å². The van der Waals surface area contributed by atoms with Crippen LogP contribution in [-0.4, -0.2) is 60.6 Å². The highest BCUT2D eigenvalue weighted by Gasteiger charge is 2.53. The van der Waals surface area contributed by atoms with Gasteiger partial charge in [0.1, 0.15) is 11.6 Å². The summed E-state index contributed by atoms with van der Waals surface area (Å²) >= 11 is 0. The number of nitrogens with zero attached hydrogens (tertiary/aromatic N) is 4. The molecule has 4 rings (SSSR count). The summed E-state index contributed by atoms with van der Waals surface area (Å²) in [5.41, 5.74) is -2.84. The van der Waals surface area contributed by atoms with Crippen LogP contribution in [0.3, 0.4) is 0 Å². The quantitative estimate of drug-likeness (QED) is 0.0776. The predicted molar refractivity (Wildman–Crippen MR) is 186 cm³/mol. The van der Waals surface area contributed by atoms with Gasteiger partial charge in [-0.2, -0.15) is 0 Å². The minimum atomic E-state index is -1.92. The zero-order valence-corrected chi connectivity index (χ0v) is 29.0. The molecule has 1 saturated heterocycles. The van der Waals surface area contributed by atoms with Crippen LogP contribution in [-0.2, 0) is 14.3 Å². The molecule has 2 heterocycles. The van der Waals surface area contributed by atoms with Crippen molar-refractivity contribution in [3.63, 3.8) is 0 Å². The average Bonchev–Trinajstić information content (AvgIpc) is 3.29. The van der Waals surface area contributed by atoms with Gasteiger partial charge in [0.15, 0.2) is 11.6 Å². The van der Waals surface area contributed by atoms with Crippen LogP contribution in [0.15, 0.2) is 59.5 Å².